The molecule has 1 aliphatic rings. The maximum atomic E-state index is 8.86. The van der Waals surface area contributed by atoms with Crippen molar-refractivity contribution >= 4 is 17.4 Å². The summed E-state index contributed by atoms with van der Waals surface area (Å²) in [6, 6.07) is 14.0. The van der Waals surface area contributed by atoms with Gasteiger partial charge in [-0.1, -0.05) is 23.7 Å². The molecule has 0 spiro atoms. The van der Waals surface area contributed by atoms with E-state index in [1.807, 2.05) is 24.3 Å². The number of hydrogen-bond acceptors (Lipinski definition) is 4. The maximum Gasteiger partial charge on any atom is 0.128 e. The molecule has 0 radical (unpaired) electrons. The lowest BCUT2D eigenvalue weighted by atomic mass is 10.2. The SMILES string of the molecule is N#Cc1ccc(N2CCCN(Cc3ccc(Cl)cc3)CC2)nc1. The van der Waals surface area contributed by atoms with Crippen molar-refractivity contribution in [2.24, 2.45) is 0 Å². The summed E-state index contributed by atoms with van der Waals surface area (Å²) < 4.78 is 0. The average molecular weight is 327 g/mol. The Morgan fingerprint density at radius 1 is 1.04 bits per heavy atom. The molecule has 0 N–H and O–H groups in total. The molecule has 3 rings (SSSR count). The van der Waals surface area contributed by atoms with Crippen LogP contribution in [-0.2, 0) is 6.54 Å². The Balaban J connectivity index is 1.60. The second-order valence-corrected chi connectivity index (χ2v) is 6.20. The molecule has 0 saturated carbocycles. The summed E-state index contributed by atoms with van der Waals surface area (Å²) >= 11 is 5.94. The fourth-order valence-electron chi connectivity index (χ4n) is 2.85. The molecule has 118 valence electrons. The van der Waals surface area contributed by atoms with E-state index in [9.17, 15) is 0 Å². The lowest BCUT2D eigenvalue weighted by Crippen LogP contribution is -2.30. The van der Waals surface area contributed by atoms with Gasteiger partial charge in [-0.05, 0) is 36.2 Å². The topological polar surface area (TPSA) is 43.2 Å². The molecule has 0 atom stereocenters. The van der Waals surface area contributed by atoms with Crippen molar-refractivity contribution in [3.8, 4) is 6.07 Å². The van der Waals surface area contributed by atoms with Crippen molar-refractivity contribution in [1.82, 2.24) is 9.88 Å². The van der Waals surface area contributed by atoms with Crippen molar-refractivity contribution in [2.75, 3.05) is 31.1 Å². The first-order chi connectivity index (χ1) is 11.2. The van der Waals surface area contributed by atoms with Crippen LogP contribution in [-0.4, -0.2) is 36.1 Å². The van der Waals surface area contributed by atoms with Gasteiger partial charge in [0, 0.05) is 43.9 Å². The van der Waals surface area contributed by atoms with Crippen LogP contribution in [0.1, 0.15) is 17.5 Å². The molecule has 0 unspecified atom stereocenters. The van der Waals surface area contributed by atoms with Crippen molar-refractivity contribution in [3.63, 3.8) is 0 Å². The van der Waals surface area contributed by atoms with Gasteiger partial charge in [-0.3, -0.25) is 4.90 Å². The molecule has 1 aliphatic heterocycles. The summed E-state index contributed by atoms with van der Waals surface area (Å²) in [5.74, 6) is 0.956. The summed E-state index contributed by atoms with van der Waals surface area (Å²) in [5.41, 5.74) is 1.90. The second-order valence-electron chi connectivity index (χ2n) is 5.76. The van der Waals surface area contributed by atoms with Gasteiger partial charge in [-0.2, -0.15) is 5.26 Å². The molecule has 1 saturated heterocycles. The fourth-order valence-corrected chi connectivity index (χ4v) is 2.97. The Bertz CT molecular complexity index is 676. The standard InChI is InChI=1S/C18H19ClN4/c19-17-5-2-15(3-6-17)14-22-8-1-9-23(11-10-22)18-7-4-16(12-20)13-21-18/h2-7,13H,1,8-11,14H2. The van der Waals surface area contributed by atoms with Crippen molar-refractivity contribution in [1.29, 1.82) is 5.26 Å². The molecular formula is C18H19ClN4. The highest BCUT2D eigenvalue weighted by Crippen LogP contribution is 2.16. The van der Waals surface area contributed by atoms with E-state index in [-0.39, 0.29) is 0 Å². The third-order valence-corrected chi connectivity index (χ3v) is 4.36. The van der Waals surface area contributed by atoms with E-state index in [0.29, 0.717) is 5.56 Å². The summed E-state index contributed by atoms with van der Waals surface area (Å²) in [7, 11) is 0. The number of nitrogens with zero attached hydrogens (tertiary/aromatic N) is 4. The van der Waals surface area contributed by atoms with Gasteiger partial charge in [0.05, 0.1) is 5.56 Å². The molecule has 0 amide bonds. The first-order valence-electron chi connectivity index (χ1n) is 7.82. The number of benzene rings is 1. The van der Waals surface area contributed by atoms with Crippen molar-refractivity contribution in [2.45, 2.75) is 13.0 Å². The van der Waals surface area contributed by atoms with E-state index in [2.05, 4.69) is 33.0 Å². The van der Waals surface area contributed by atoms with Crippen LogP contribution in [0.2, 0.25) is 5.02 Å². The number of rotatable bonds is 3. The first-order valence-corrected chi connectivity index (χ1v) is 8.20. The number of anilines is 1. The molecule has 1 fully saturated rings. The number of nitriles is 1. The molecule has 2 aromatic rings. The van der Waals surface area contributed by atoms with Gasteiger partial charge in [0.2, 0.25) is 0 Å². The zero-order valence-electron chi connectivity index (χ0n) is 13.0. The Hall–Kier alpha value is -2.09. The van der Waals surface area contributed by atoms with E-state index in [4.69, 9.17) is 16.9 Å². The van der Waals surface area contributed by atoms with E-state index in [1.54, 1.807) is 6.20 Å². The second kappa shape index (κ2) is 7.45. The number of pyridine rings is 1. The summed E-state index contributed by atoms with van der Waals surface area (Å²) in [6.07, 6.45) is 2.75. The molecule has 23 heavy (non-hydrogen) atoms. The van der Waals surface area contributed by atoms with E-state index in [0.717, 1.165) is 50.0 Å². The molecule has 5 heteroatoms. The van der Waals surface area contributed by atoms with Crippen LogP contribution in [0, 0.1) is 11.3 Å². The zero-order valence-corrected chi connectivity index (χ0v) is 13.7. The van der Waals surface area contributed by atoms with Gasteiger partial charge < -0.3 is 4.90 Å². The van der Waals surface area contributed by atoms with Crippen LogP contribution >= 0.6 is 11.6 Å². The first kappa shape index (κ1) is 15.8. The minimum atomic E-state index is 0.605. The van der Waals surface area contributed by atoms with Crippen LogP contribution in [0.25, 0.3) is 0 Å². The van der Waals surface area contributed by atoms with Crippen molar-refractivity contribution in [3.05, 3.63) is 58.7 Å². The van der Waals surface area contributed by atoms with Crippen LogP contribution < -0.4 is 4.90 Å². The lowest BCUT2D eigenvalue weighted by Gasteiger charge is -2.22. The normalized spacial score (nSPS) is 15.9. The highest BCUT2D eigenvalue weighted by molar-refractivity contribution is 6.30. The highest BCUT2D eigenvalue weighted by Gasteiger charge is 2.16. The smallest absolute Gasteiger partial charge is 0.128 e. The van der Waals surface area contributed by atoms with E-state index < -0.39 is 0 Å². The molecule has 0 bridgehead atoms. The summed E-state index contributed by atoms with van der Waals surface area (Å²) in [5, 5.41) is 9.64. The third kappa shape index (κ3) is 4.22. The predicted molar refractivity (Wildman–Crippen MR) is 92.5 cm³/mol. The Morgan fingerprint density at radius 2 is 1.87 bits per heavy atom. The number of halogens is 1. The monoisotopic (exact) mass is 326 g/mol. The average Bonchev–Trinajstić information content (AvgIpc) is 2.83. The predicted octanol–water partition coefficient (Wildman–Crippen LogP) is 3.32. The van der Waals surface area contributed by atoms with Gasteiger partial charge in [0.15, 0.2) is 0 Å². The summed E-state index contributed by atoms with van der Waals surface area (Å²) in [6.45, 7) is 4.98. The molecule has 0 aliphatic carbocycles. The summed E-state index contributed by atoms with van der Waals surface area (Å²) in [4.78, 5) is 9.16. The Morgan fingerprint density at radius 3 is 2.57 bits per heavy atom. The van der Waals surface area contributed by atoms with Crippen LogP contribution in [0.15, 0.2) is 42.6 Å². The van der Waals surface area contributed by atoms with Gasteiger partial charge >= 0.3 is 0 Å². The third-order valence-electron chi connectivity index (χ3n) is 4.11. The number of hydrogen-bond donors (Lipinski definition) is 0. The molecule has 1 aromatic heterocycles. The Labute approximate surface area is 141 Å². The molecular weight excluding hydrogens is 308 g/mol. The van der Waals surface area contributed by atoms with Crippen LogP contribution in [0.3, 0.4) is 0 Å². The zero-order chi connectivity index (χ0) is 16.1. The van der Waals surface area contributed by atoms with E-state index in [1.165, 1.54) is 5.56 Å². The van der Waals surface area contributed by atoms with Gasteiger partial charge in [-0.25, -0.2) is 4.98 Å². The van der Waals surface area contributed by atoms with Crippen molar-refractivity contribution < 1.29 is 0 Å². The fraction of sp³-hybridized carbons (Fsp3) is 0.333. The van der Waals surface area contributed by atoms with Gasteiger partial charge in [0.25, 0.3) is 0 Å². The van der Waals surface area contributed by atoms with E-state index >= 15 is 0 Å². The van der Waals surface area contributed by atoms with Crippen LogP contribution in [0.4, 0.5) is 5.82 Å². The highest BCUT2D eigenvalue weighted by atomic mass is 35.5. The Kier molecular flexibility index (Phi) is 5.12. The lowest BCUT2D eigenvalue weighted by molar-refractivity contribution is 0.285. The minimum Gasteiger partial charge on any atom is -0.355 e. The van der Waals surface area contributed by atoms with Gasteiger partial charge in [-0.15, -0.1) is 0 Å². The maximum absolute atomic E-state index is 8.86. The molecule has 4 nitrogen and oxygen atoms in total. The quantitative estimate of drug-likeness (QED) is 0.868. The molecule has 1 aromatic carbocycles. The van der Waals surface area contributed by atoms with Crippen LogP contribution in [0.5, 0.6) is 0 Å². The van der Waals surface area contributed by atoms with Gasteiger partial charge in [0.1, 0.15) is 11.9 Å². The molecule has 2 heterocycles. The minimum absolute atomic E-state index is 0.605. The number of aromatic nitrogens is 1. The largest absolute Gasteiger partial charge is 0.355 e.